The van der Waals surface area contributed by atoms with Crippen LogP contribution in [0.1, 0.15) is 45.5 Å². The lowest BCUT2D eigenvalue weighted by Gasteiger charge is -2.06. The van der Waals surface area contributed by atoms with Gasteiger partial charge in [-0.05, 0) is 44.4 Å². The molecule has 2 aromatic heterocycles. The third-order valence-electron chi connectivity index (χ3n) is 4.29. The molecule has 6 heteroatoms. The van der Waals surface area contributed by atoms with Crippen molar-refractivity contribution in [2.75, 3.05) is 5.32 Å². The van der Waals surface area contributed by atoms with E-state index in [1.807, 2.05) is 13.8 Å². The Morgan fingerprint density at radius 1 is 1.25 bits per heavy atom. The molecule has 2 N–H and O–H groups in total. The normalized spacial score (nSPS) is 14.1. The van der Waals surface area contributed by atoms with Crippen molar-refractivity contribution in [3.8, 4) is 5.75 Å². The molecule has 122 valence electrons. The van der Waals surface area contributed by atoms with Gasteiger partial charge in [-0.1, -0.05) is 12.1 Å². The van der Waals surface area contributed by atoms with Crippen molar-refractivity contribution < 1.29 is 9.90 Å². The number of amides is 1. The van der Waals surface area contributed by atoms with Gasteiger partial charge in [-0.3, -0.25) is 4.79 Å². The molecule has 1 aromatic carbocycles. The van der Waals surface area contributed by atoms with Crippen LogP contribution in [-0.2, 0) is 0 Å². The monoisotopic (exact) mass is 339 g/mol. The minimum Gasteiger partial charge on any atom is -0.506 e. The molecular weight excluding hydrogens is 322 g/mol. The second-order valence-electron chi connectivity index (χ2n) is 6.15. The fraction of sp³-hybridized carbons (Fsp3) is 0.278. The third kappa shape index (κ3) is 2.53. The molecule has 5 nitrogen and oxygen atoms in total. The number of rotatable bonds is 3. The molecule has 1 aliphatic carbocycles. The molecule has 4 rings (SSSR count). The molecule has 0 saturated heterocycles. The van der Waals surface area contributed by atoms with Crippen molar-refractivity contribution >= 4 is 33.1 Å². The Kier molecular flexibility index (Phi) is 3.49. The van der Waals surface area contributed by atoms with E-state index in [1.165, 1.54) is 11.3 Å². The first-order chi connectivity index (χ1) is 11.5. The average molecular weight is 339 g/mol. The summed E-state index contributed by atoms with van der Waals surface area (Å²) in [6.45, 7) is 3.89. The molecule has 1 saturated carbocycles. The number of anilines is 1. The molecule has 0 radical (unpaired) electrons. The number of aromatic hydroxyl groups is 1. The molecule has 24 heavy (non-hydrogen) atoms. The maximum Gasteiger partial charge on any atom is 0.266 e. The first-order valence-corrected chi connectivity index (χ1v) is 8.73. The molecule has 2 heterocycles. The van der Waals surface area contributed by atoms with Gasteiger partial charge in [0.1, 0.15) is 16.4 Å². The molecule has 1 amide bonds. The third-order valence-corrected chi connectivity index (χ3v) is 5.47. The Morgan fingerprint density at radius 3 is 2.71 bits per heavy atom. The van der Waals surface area contributed by atoms with Gasteiger partial charge in [0.25, 0.3) is 5.91 Å². The Balaban J connectivity index is 1.73. The summed E-state index contributed by atoms with van der Waals surface area (Å²) in [4.78, 5) is 23.4. The molecule has 0 aliphatic heterocycles. The number of phenols is 1. The van der Waals surface area contributed by atoms with E-state index in [0.717, 1.165) is 40.1 Å². The molecule has 1 fully saturated rings. The van der Waals surface area contributed by atoms with Gasteiger partial charge < -0.3 is 10.4 Å². The minimum absolute atomic E-state index is 0.0524. The number of hydrogen-bond acceptors (Lipinski definition) is 5. The van der Waals surface area contributed by atoms with Crippen LogP contribution in [0.3, 0.4) is 0 Å². The van der Waals surface area contributed by atoms with Gasteiger partial charge in [0.05, 0.1) is 16.3 Å². The molecule has 0 bridgehead atoms. The number of fused-ring (bicyclic) bond motifs is 1. The van der Waals surface area contributed by atoms with E-state index < -0.39 is 0 Å². The number of carbonyl (C=O) groups is 1. The molecule has 1 aliphatic rings. The standard InChI is InChI=1S/C18H17N3O2S/c1-9-14-10(2)19-16(11-7-8-11)21-18(14)24-15(9)17(23)20-12-5-3-4-6-13(12)22/h3-6,11,22H,7-8H2,1-2H3,(H,20,23). The van der Waals surface area contributed by atoms with Gasteiger partial charge in [-0.15, -0.1) is 11.3 Å². The number of aryl methyl sites for hydroxylation is 2. The number of thiophene rings is 1. The summed E-state index contributed by atoms with van der Waals surface area (Å²) in [6, 6.07) is 6.70. The van der Waals surface area contributed by atoms with E-state index in [1.54, 1.807) is 24.3 Å². The number of para-hydroxylation sites is 2. The van der Waals surface area contributed by atoms with Crippen molar-refractivity contribution in [3.05, 3.63) is 46.2 Å². The first kappa shape index (κ1) is 15.1. The largest absolute Gasteiger partial charge is 0.506 e. The summed E-state index contributed by atoms with van der Waals surface area (Å²) in [5.41, 5.74) is 2.22. The lowest BCUT2D eigenvalue weighted by Crippen LogP contribution is -2.11. The fourth-order valence-electron chi connectivity index (χ4n) is 2.86. The van der Waals surface area contributed by atoms with Gasteiger partial charge in [0.2, 0.25) is 0 Å². The topological polar surface area (TPSA) is 75.1 Å². The van der Waals surface area contributed by atoms with E-state index in [9.17, 15) is 9.90 Å². The van der Waals surface area contributed by atoms with Gasteiger partial charge >= 0.3 is 0 Å². The predicted molar refractivity (Wildman–Crippen MR) is 94.9 cm³/mol. The summed E-state index contributed by atoms with van der Waals surface area (Å²) in [6.07, 6.45) is 2.30. The smallest absolute Gasteiger partial charge is 0.266 e. The Labute approximate surface area is 143 Å². The Hall–Kier alpha value is -2.47. The number of aromatic nitrogens is 2. The highest BCUT2D eigenvalue weighted by Gasteiger charge is 2.28. The van der Waals surface area contributed by atoms with Crippen LogP contribution in [-0.4, -0.2) is 21.0 Å². The molecule has 3 aromatic rings. The lowest BCUT2D eigenvalue weighted by atomic mass is 10.1. The maximum atomic E-state index is 12.6. The van der Waals surface area contributed by atoms with Crippen LogP contribution >= 0.6 is 11.3 Å². The zero-order chi connectivity index (χ0) is 16.8. The van der Waals surface area contributed by atoms with Crippen LogP contribution < -0.4 is 5.32 Å². The molecule has 0 atom stereocenters. The van der Waals surface area contributed by atoms with Gasteiger partial charge in [-0.2, -0.15) is 0 Å². The average Bonchev–Trinajstić information content (AvgIpc) is 3.34. The van der Waals surface area contributed by atoms with Crippen LogP contribution in [0.15, 0.2) is 24.3 Å². The van der Waals surface area contributed by atoms with Crippen LogP contribution in [0.25, 0.3) is 10.2 Å². The molecular formula is C18H17N3O2S. The first-order valence-electron chi connectivity index (χ1n) is 7.91. The highest BCUT2D eigenvalue weighted by atomic mass is 32.1. The number of nitrogens with zero attached hydrogens (tertiary/aromatic N) is 2. The van der Waals surface area contributed by atoms with Crippen molar-refractivity contribution in [1.82, 2.24) is 9.97 Å². The van der Waals surface area contributed by atoms with Crippen molar-refractivity contribution in [3.63, 3.8) is 0 Å². The van der Waals surface area contributed by atoms with Gasteiger partial charge in [0, 0.05) is 11.3 Å². The summed E-state index contributed by atoms with van der Waals surface area (Å²) in [5, 5.41) is 13.6. The van der Waals surface area contributed by atoms with E-state index >= 15 is 0 Å². The molecule has 0 spiro atoms. The van der Waals surface area contributed by atoms with E-state index in [-0.39, 0.29) is 11.7 Å². The zero-order valence-corrected chi connectivity index (χ0v) is 14.3. The Bertz CT molecular complexity index is 960. The van der Waals surface area contributed by atoms with Gasteiger partial charge in [0.15, 0.2) is 0 Å². The highest BCUT2D eigenvalue weighted by molar-refractivity contribution is 7.20. The minimum atomic E-state index is -0.232. The van der Waals surface area contributed by atoms with Crippen LogP contribution in [0.5, 0.6) is 5.75 Å². The predicted octanol–water partition coefficient (Wildman–Crippen LogP) is 4.14. The number of benzene rings is 1. The van der Waals surface area contributed by atoms with E-state index in [2.05, 4.69) is 15.3 Å². The number of nitrogens with one attached hydrogen (secondary N) is 1. The van der Waals surface area contributed by atoms with Crippen molar-refractivity contribution in [2.24, 2.45) is 0 Å². The van der Waals surface area contributed by atoms with Crippen molar-refractivity contribution in [2.45, 2.75) is 32.6 Å². The number of hydrogen-bond donors (Lipinski definition) is 2. The summed E-state index contributed by atoms with van der Waals surface area (Å²) < 4.78 is 0. The number of carbonyl (C=O) groups excluding carboxylic acids is 1. The van der Waals surface area contributed by atoms with Crippen molar-refractivity contribution in [1.29, 1.82) is 0 Å². The van der Waals surface area contributed by atoms with Crippen LogP contribution in [0.4, 0.5) is 5.69 Å². The van der Waals surface area contributed by atoms with E-state index in [0.29, 0.717) is 16.5 Å². The second kappa shape index (κ2) is 5.56. The van der Waals surface area contributed by atoms with Crippen LogP contribution in [0, 0.1) is 13.8 Å². The fourth-order valence-corrected chi connectivity index (χ4v) is 3.99. The summed E-state index contributed by atoms with van der Waals surface area (Å²) in [5.74, 6) is 1.20. The van der Waals surface area contributed by atoms with Crippen LogP contribution in [0.2, 0.25) is 0 Å². The summed E-state index contributed by atoms with van der Waals surface area (Å²) >= 11 is 1.39. The molecule has 0 unspecified atom stereocenters. The lowest BCUT2D eigenvalue weighted by molar-refractivity contribution is 0.102. The summed E-state index contributed by atoms with van der Waals surface area (Å²) in [7, 11) is 0. The number of phenolic OH excluding ortho intramolecular Hbond substituents is 1. The highest BCUT2D eigenvalue weighted by Crippen LogP contribution is 2.40. The maximum absolute atomic E-state index is 12.6. The van der Waals surface area contributed by atoms with E-state index in [4.69, 9.17) is 0 Å². The van der Waals surface area contributed by atoms with Gasteiger partial charge in [-0.25, -0.2) is 9.97 Å². The zero-order valence-electron chi connectivity index (χ0n) is 13.5. The Morgan fingerprint density at radius 2 is 2.00 bits per heavy atom. The quantitative estimate of drug-likeness (QED) is 0.703. The second-order valence-corrected chi connectivity index (χ2v) is 7.15. The SMILES string of the molecule is Cc1nc(C2CC2)nc2sc(C(=O)Nc3ccccc3O)c(C)c12.